The van der Waals surface area contributed by atoms with Gasteiger partial charge in [-0.15, -0.1) is 0 Å². The van der Waals surface area contributed by atoms with Gasteiger partial charge < -0.3 is 10.2 Å². The van der Waals surface area contributed by atoms with Crippen molar-refractivity contribution in [3.8, 4) is 0 Å². The van der Waals surface area contributed by atoms with Crippen LogP contribution in [0.4, 0.5) is 0 Å². The third-order valence-electron chi connectivity index (χ3n) is 7.18. The summed E-state index contributed by atoms with van der Waals surface area (Å²) >= 11 is 0. The van der Waals surface area contributed by atoms with Crippen molar-refractivity contribution < 1.29 is 9.59 Å². The molecule has 2 amide bonds. The van der Waals surface area contributed by atoms with E-state index in [0.717, 1.165) is 67.8 Å². The lowest BCUT2D eigenvalue weighted by atomic mass is 9.93. The van der Waals surface area contributed by atoms with E-state index in [1.54, 1.807) is 0 Å². The van der Waals surface area contributed by atoms with Crippen LogP contribution in [0.3, 0.4) is 0 Å². The Labute approximate surface area is 187 Å². The summed E-state index contributed by atoms with van der Waals surface area (Å²) in [5.41, 5.74) is 2.73. The van der Waals surface area contributed by atoms with Crippen molar-refractivity contribution in [1.82, 2.24) is 20.2 Å². The van der Waals surface area contributed by atoms with E-state index in [-0.39, 0.29) is 23.7 Å². The summed E-state index contributed by atoms with van der Waals surface area (Å²) in [6.07, 6.45) is 10.0. The van der Waals surface area contributed by atoms with Crippen molar-refractivity contribution in [1.29, 1.82) is 0 Å². The van der Waals surface area contributed by atoms with Gasteiger partial charge in [0.25, 0.3) is 0 Å². The Morgan fingerprint density at radius 3 is 2.26 bits per heavy atom. The van der Waals surface area contributed by atoms with Crippen molar-refractivity contribution in [3.05, 3.63) is 22.8 Å². The molecular formula is C25H40N4O2. The fourth-order valence-electron chi connectivity index (χ4n) is 5.17. The summed E-state index contributed by atoms with van der Waals surface area (Å²) in [4.78, 5) is 37.1. The van der Waals surface area contributed by atoms with Gasteiger partial charge in [0.2, 0.25) is 11.8 Å². The number of likely N-dealkylation sites (tertiary alicyclic amines) is 1. The number of hydrogen-bond acceptors (Lipinski definition) is 4. The molecule has 2 fully saturated rings. The second kappa shape index (κ2) is 11.1. The molecule has 0 spiro atoms. The normalized spacial score (nSPS) is 20.2. The highest BCUT2D eigenvalue weighted by atomic mass is 16.2. The Morgan fingerprint density at radius 1 is 1.00 bits per heavy atom. The number of amides is 2. The minimum absolute atomic E-state index is 0.0778. The first-order valence-electron chi connectivity index (χ1n) is 12.3. The topological polar surface area (TPSA) is 75.2 Å². The third-order valence-corrected chi connectivity index (χ3v) is 7.18. The van der Waals surface area contributed by atoms with Gasteiger partial charge in [0.05, 0.1) is 6.42 Å². The molecule has 2 aliphatic rings. The number of carbonyl (C=O) groups excluding carboxylic acids is 2. The molecule has 1 aromatic heterocycles. The van der Waals surface area contributed by atoms with Crippen LogP contribution in [-0.4, -0.2) is 45.8 Å². The van der Waals surface area contributed by atoms with Crippen molar-refractivity contribution in [2.24, 2.45) is 5.92 Å². The van der Waals surface area contributed by atoms with Gasteiger partial charge in [-0.2, -0.15) is 0 Å². The largest absolute Gasteiger partial charge is 0.353 e. The third kappa shape index (κ3) is 6.05. The zero-order chi connectivity index (χ0) is 22.4. The number of nitrogens with one attached hydrogen (secondary N) is 1. The minimum Gasteiger partial charge on any atom is -0.353 e. The predicted octanol–water partition coefficient (Wildman–Crippen LogP) is 4.23. The molecule has 0 unspecified atom stereocenters. The van der Waals surface area contributed by atoms with Crippen LogP contribution in [0.1, 0.15) is 100 Å². The lowest BCUT2D eigenvalue weighted by molar-refractivity contribution is -0.137. The van der Waals surface area contributed by atoms with Gasteiger partial charge in [-0.25, -0.2) is 9.97 Å². The SMILES string of the molecule is CCC(CC)C(=O)N1CCC[C@@H](c2nc(C)c(CC(=O)NC3CCCCC3)c(C)n2)C1. The smallest absolute Gasteiger partial charge is 0.225 e. The zero-order valence-corrected chi connectivity index (χ0v) is 19.9. The number of rotatable bonds is 7. The monoisotopic (exact) mass is 428 g/mol. The van der Waals surface area contributed by atoms with E-state index in [4.69, 9.17) is 9.97 Å². The van der Waals surface area contributed by atoms with E-state index in [2.05, 4.69) is 19.2 Å². The van der Waals surface area contributed by atoms with Crippen LogP contribution < -0.4 is 5.32 Å². The van der Waals surface area contributed by atoms with Gasteiger partial charge in [0.1, 0.15) is 5.82 Å². The van der Waals surface area contributed by atoms with Gasteiger partial charge in [0, 0.05) is 47.9 Å². The van der Waals surface area contributed by atoms with Crippen LogP contribution in [0.15, 0.2) is 0 Å². The molecule has 0 bridgehead atoms. The van der Waals surface area contributed by atoms with Gasteiger partial charge >= 0.3 is 0 Å². The summed E-state index contributed by atoms with van der Waals surface area (Å²) in [6.45, 7) is 9.69. The highest BCUT2D eigenvalue weighted by molar-refractivity contribution is 5.79. The summed E-state index contributed by atoms with van der Waals surface area (Å²) in [6, 6.07) is 0.322. The molecule has 6 nitrogen and oxygen atoms in total. The number of hydrogen-bond donors (Lipinski definition) is 1. The first-order chi connectivity index (χ1) is 14.9. The molecule has 6 heteroatoms. The van der Waals surface area contributed by atoms with Crippen LogP contribution >= 0.6 is 0 Å². The van der Waals surface area contributed by atoms with E-state index >= 15 is 0 Å². The van der Waals surface area contributed by atoms with Gasteiger partial charge in [-0.1, -0.05) is 33.1 Å². The number of aromatic nitrogens is 2. The average molecular weight is 429 g/mol. The highest BCUT2D eigenvalue weighted by Gasteiger charge is 2.30. The van der Waals surface area contributed by atoms with E-state index in [1.807, 2.05) is 18.7 Å². The standard InChI is InChI=1S/C25H40N4O2/c1-5-19(6-2)25(31)29-14-10-11-20(16-29)24-26-17(3)22(18(4)27-24)15-23(30)28-21-12-8-7-9-13-21/h19-21H,5-16H2,1-4H3,(H,28,30)/t20-/m1/s1. The number of nitrogens with zero attached hydrogens (tertiary/aromatic N) is 3. The molecule has 0 aromatic carbocycles. The number of carbonyl (C=O) groups is 2. The highest BCUT2D eigenvalue weighted by Crippen LogP contribution is 2.28. The van der Waals surface area contributed by atoms with E-state index in [0.29, 0.717) is 19.0 Å². The second-order valence-electron chi connectivity index (χ2n) is 9.45. The van der Waals surface area contributed by atoms with E-state index in [9.17, 15) is 9.59 Å². The van der Waals surface area contributed by atoms with Crippen LogP contribution in [0.2, 0.25) is 0 Å². The maximum absolute atomic E-state index is 12.9. The molecule has 1 aromatic rings. The lowest BCUT2D eigenvalue weighted by Crippen LogP contribution is -2.42. The summed E-state index contributed by atoms with van der Waals surface area (Å²) < 4.78 is 0. The predicted molar refractivity (Wildman–Crippen MR) is 123 cm³/mol. The van der Waals surface area contributed by atoms with Crippen LogP contribution in [0.5, 0.6) is 0 Å². The lowest BCUT2D eigenvalue weighted by Gasteiger charge is -2.34. The van der Waals surface area contributed by atoms with Crippen LogP contribution in [0, 0.1) is 19.8 Å². The van der Waals surface area contributed by atoms with Crippen molar-refractivity contribution in [2.45, 2.75) is 104 Å². The van der Waals surface area contributed by atoms with Gasteiger partial charge in [-0.3, -0.25) is 9.59 Å². The Kier molecular flexibility index (Phi) is 8.44. The molecule has 3 rings (SSSR count). The average Bonchev–Trinajstić information content (AvgIpc) is 2.77. The summed E-state index contributed by atoms with van der Waals surface area (Å²) in [5.74, 6) is 1.48. The molecule has 0 radical (unpaired) electrons. The fraction of sp³-hybridized carbons (Fsp3) is 0.760. The molecule has 1 saturated carbocycles. The Hall–Kier alpha value is -1.98. The minimum atomic E-state index is 0.0778. The summed E-state index contributed by atoms with van der Waals surface area (Å²) in [5, 5.41) is 3.20. The van der Waals surface area contributed by atoms with E-state index in [1.165, 1.54) is 19.3 Å². The maximum atomic E-state index is 12.9. The summed E-state index contributed by atoms with van der Waals surface area (Å²) in [7, 11) is 0. The molecule has 1 aliphatic carbocycles. The van der Waals surface area contributed by atoms with Crippen molar-refractivity contribution in [2.75, 3.05) is 13.1 Å². The molecule has 1 aliphatic heterocycles. The zero-order valence-electron chi connectivity index (χ0n) is 19.9. The maximum Gasteiger partial charge on any atom is 0.225 e. The van der Waals surface area contributed by atoms with Gasteiger partial charge in [-0.05, 0) is 52.4 Å². The Morgan fingerprint density at radius 2 is 1.65 bits per heavy atom. The fourth-order valence-corrected chi connectivity index (χ4v) is 5.17. The Balaban J connectivity index is 1.66. The first-order valence-corrected chi connectivity index (χ1v) is 12.3. The Bertz CT molecular complexity index is 746. The van der Waals surface area contributed by atoms with Crippen molar-refractivity contribution in [3.63, 3.8) is 0 Å². The van der Waals surface area contributed by atoms with E-state index < -0.39 is 0 Å². The number of aryl methyl sites for hydroxylation is 2. The van der Waals surface area contributed by atoms with Crippen LogP contribution in [-0.2, 0) is 16.0 Å². The molecule has 172 valence electrons. The quantitative estimate of drug-likeness (QED) is 0.705. The molecular weight excluding hydrogens is 388 g/mol. The first kappa shape index (κ1) is 23.7. The van der Waals surface area contributed by atoms with Crippen LogP contribution in [0.25, 0.3) is 0 Å². The second-order valence-corrected chi connectivity index (χ2v) is 9.45. The van der Waals surface area contributed by atoms with Gasteiger partial charge in [0.15, 0.2) is 0 Å². The molecule has 1 saturated heterocycles. The molecule has 31 heavy (non-hydrogen) atoms. The number of piperidine rings is 1. The van der Waals surface area contributed by atoms with Crippen molar-refractivity contribution >= 4 is 11.8 Å². The molecule has 1 atom stereocenters. The molecule has 1 N–H and O–H groups in total. The molecule has 2 heterocycles.